The first-order valence-electron chi connectivity index (χ1n) is 6.60. The van der Waals surface area contributed by atoms with Gasteiger partial charge in [0.25, 0.3) is 0 Å². The lowest BCUT2D eigenvalue weighted by atomic mass is 10.3. The van der Waals surface area contributed by atoms with Gasteiger partial charge < -0.3 is 32.0 Å². The van der Waals surface area contributed by atoms with Crippen LogP contribution in [0, 0.1) is 0 Å². The second kappa shape index (κ2) is 16.8. The van der Waals surface area contributed by atoms with Gasteiger partial charge in [-0.05, 0) is 34.6 Å². The number of hydrogen-bond acceptors (Lipinski definition) is 1. The maximum atomic E-state index is 9.75. The lowest BCUT2D eigenvalue weighted by molar-refractivity contribution is -0.921. The van der Waals surface area contributed by atoms with E-state index in [0.717, 1.165) is 0 Å². The summed E-state index contributed by atoms with van der Waals surface area (Å²) in [5.74, 6) is 0. The fourth-order valence-electron chi connectivity index (χ4n) is 1.34. The molecule has 0 aliphatic rings. The van der Waals surface area contributed by atoms with Crippen LogP contribution in [0.5, 0.6) is 0 Å². The maximum absolute atomic E-state index is 9.75. The van der Waals surface area contributed by atoms with Crippen molar-refractivity contribution in [2.24, 2.45) is 0 Å². The number of allylic oxidation sites excluding steroid dienone is 1. The Bertz CT molecular complexity index is 220. The van der Waals surface area contributed by atoms with Gasteiger partial charge in [-0.1, -0.05) is 6.08 Å². The van der Waals surface area contributed by atoms with Crippen LogP contribution < -0.4 is 0 Å². The summed E-state index contributed by atoms with van der Waals surface area (Å²) in [5, 5.41) is 13.9. The molecule has 0 spiro atoms. The molecule has 0 fully saturated rings. The number of carboxylic acid groups (broad SMARTS) is 2. The molecule has 130 valence electrons. The molecule has 0 aliphatic carbocycles. The van der Waals surface area contributed by atoms with Gasteiger partial charge in [-0.15, -0.1) is 6.58 Å². The van der Waals surface area contributed by atoms with E-state index in [1.165, 1.54) is 30.7 Å². The van der Waals surface area contributed by atoms with Crippen molar-refractivity contribution in [3.8, 4) is 0 Å². The van der Waals surface area contributed by atoms with Crippen molar-refractivity contribution in [2.45, 2.75) is 34.6 Å². The van der Waals surface area contributed by atoms with Crippen LogP contribution in [-0.4, -0.2) is 54.3 Å². The predicted molar refractivity (Wildman–Crippen MR) is 79.1 cm³/mol. The first-order chi connectivity index (χ1) is 9.39. The van der Waals surface area contributed by atoms with Gasteiger partial charge >= 0.3 is 13.4 Å². The molecule has 2 N–H and O–H groups in total. The number of carbonyl (C=O) groups is 1. The Balaban J connectivity index is -0.000000102. The summed E-state index contributed by atoms with van der Waals surface area (Å²) < 4.78 is 40.3. The van der Waals surface area contributed by atoms with E-state index in [2.05, 4.69) is 34.3 Å². The summed E-state index contributed by atoms with van der Waals surface area (Å²) in [7, 11) is -6.00. The molecular weight excluding hydrogens is 293 g/mol. The number of rotatable bonds is 4. The fourth-order valence-corrected chi connectivity index (χ4v) is 1.34. The first-order valence-corrected chi connectivity index (χ1v) is 6.60. The molecule has 0 unspecified atom stereocenters. The number of hydrogen-bond donors (Lipinski definition) is 2. The predicted octanol–water partition coefficient (Wildman–Crippen LogP) is 4.60. The molecular formula is C12H28BF4NO3. The Morgan fingerprint density at radius 1 is 1.00 bits per heavy atom. The monoisotopic (exact) mass is 321 g/mol. The molecule has 4 nitrogen and oxygen atoms in total. The van der Waals surface area contributed by atoms with Gasteiger partial charge in [0.15, 0.2) is 0 Å². The molecule has 21 heavy (non-hydrogen) atoms. The topological polar surface area (TPSA) is 57.5 Å². The zero-order valence-corrected chi connectivity index (χ0v) is 13.5. The molecule has 0 aliphatic heterocycles. The average molecular weight is 321 g/mol. The van der Waals surface area contributed by atoms with Crippen LogP contribution in [0.4, 0.5) is 22.1 Å². The third-order valence-electron chi connectivity index (χ3n) is 2.68. The molecule has 0 bridgehead atoms. The van der Waals surface area contributed by atoms with Gasteiger partial charge in [0, 0.05) is 0 Å². The van der Waals surface area contributed by atoms with Gasteiger partial charge in [0.1, 0.15) is 0 Å². The number of nitrogens with zero attached hydrogens (tertiary/aromatic N) is 1. The molecule has 0 aromatic heterocycles. The molecule has 0 heterocycles. The quantitative estimate of drug-likeness (QED) is 0.344. The summed E-state index contributed by atoms with van der Waals surface area (Å²) in [5.41, 5.74) is 0. The van der Waals surface area contributed by atoms with Crippen molar-refractivity contribution in [3.63, 3.8) is 0 Å². The van der Waals surface area contributed by atoms with Gasteiger partial charge in [0.2, 0.25) is 0 Å². The van der Waals surface area contributed by atoms with Crippen LogP contribution in [0.25, 0.3) is 0 Å². The molecule has 0 amide bonds. The van der Waals surface area contributed by atoms with Crippen LogP contribution in [-0.2, 0) is 0 Å². The van der Waals surface area contributed by atoms with Crippen LogP contribution >= 0.6 is 0 Å². The lowest BCUT2D eigenvalue weighted by Gasteiger charge is -2.34. The minimum absolute atomic E-state index is 1.28. The summed E-state index contributed by atoms with van der Waals surface area (Å²) >= 11 is 0. The minimum atomic E-state index is -6.00. The Morgan fingerprint density at radius 2 is 1.10 bits per heavy atom. The van der Waals surface area contributed by atoms with E-state index >= 15 is 0 Å². The van der Waals surface area contributed by atoms with Crippen LogP contribution in [0.3, 0.4) is 0 Å². The van der Waals surface area contributed by atoms with E-state index in [0.29, 0.717) is 0 Å². The molecule has 0 saturated heterocycles. The number of halogens is 4. The first kappa shape index (κ1) is 28.0. The Hall–Kier alpha value is -1.25. The highest BCUT2D eigenvalue weighted by Gasteiger charge is 2.20. The molecule has 0 aromatic carbocycles. The van der Waals surface area contributed by atoms with E-state index in [9.17, 15) is 17.3 Å². The van der Waals surface area contributed by atoms with Gasteiger partial charge in [-0.3, -0.25) is 0 Å². The van der Waals surface area contributed by atoms with E-state index < -0.39 is 13.4 Å². The van der Waals surface area contributed by atoms with Gasteiger partial charge in [0.05, 0.1) is 26.2 Å². The van der Waals surface area contributed by atoms with Gasteiger partial charge in [-0.25, -0.2) is 4.79 Å². The van der Waals surface area contributed by atoms with E-state index in [1.54, 1.807) is 6.08 Å². The Morgan fingerprint density at radius 3 is 1.10 bits per heavy atom. The van der Waals surface area contributed by atoms with E-state index in [-0.39, 0.29) is 0 Å². The highest BCUT2D eigenvalue weighted by molar-refractivity contribution is 6.50. The average Bonchev–Trinajstić information content (AvgIpc) is 2.31. The highest BCUT2D eigenvalue weighted by Crippen LogP contribution is 2.06. The standard InChI is InChI=1S/C8H20N.C3H6.CH2O3.BF4/c1-5-9(6-2,7-3)8-4;1-3-2;2-1(3)4;2-1(3,4)5/h5-8H2,1-4H3;3H,1H2,2H3;(H2,2,3,4);/q+1;;;-1. The summed E-state index contributed by atoms with van der Waals surface area (Å²) in [6.07, 6.45) is -0.0833. The van der Waals surface area contributed by atoms with E-state index in [4.69, 9.17) is 15.0 Å². The summed E-state index contributed by atoms with van der Waals surface area (Å²) in [6, 6.07) is 0. The molecule has 9 heteroatoms. The normalized spacial score (nSPS) is 9.76. The summed E-state index contributed by atoms with van der Waals surface area (Å²) in [4.78, 5) is 8.56. The van der Waals surface area contributed by atoms with Crippen LogP contribution in [0.1, 0.15) is 34.6 Å². The molecule has 0 radical (unpaired) electrons. The van der Waals surface area contributed by atoms with Crippen molar-refractivity contribution >= 4 is 13.4 Å². The smallest absolute Gasteiger partial charge is 0.450 e. The summed E-state index contributed by atoms with van der Waals surface area (Å²) in [6.45, 7) is 19.5. The van der Waals surface area contributed by atoms with E-state index in [1.807, 2.05) is 6.92 Å². The highest BCUT2D eigenvalue weighted by atomic mass is 19.5. The molecule has 0 atom stereocenters. The van der Waals surface area contributed by atoms with Crippen molar-refractivity contribution in [2.75, 3.05) is 26.2 Å². The SMILES string of the molecule is C=CC.CC[N+](CC)(CC)CC.F[B-](F)(F)F.O=C(O)O. The van der Waals surface area contributed by atoms with Crippen molar-refractivity contribution in [3.05, 3.63) is 12.7 Å². The maximum Gasteiger partial charge on any atom is 0.673 e. The van der Waals surface area contributed by atoms with Crippen molar-refractivity contribution < 1.29 is 36.8 Å². The third kappa shape index (κ3) is 45.5. The molecule has 0 saturated carbocycles. The van der Waals surface area contributed by atoms with Crippen LogP contribution in [0.2, 0.25) is 0 Å². The second-order valence-corrected chi connectivity index (χ2v) is 3.79. The number of quaternary nitrogens is 1. The van der Waals surface area contributed by atoms with Gasteiger partial charge in [-0.2, -0.15) is 0 Å². The molecule has 0 aromatic rings. The fraction of sp³-hybridized carbons (Fsp3) is 0.750. The Kier molecular flexibility index (Phi) is 22.4. The van der Waals surface area contributed by atoms with Crippen molar-refractivity contribution in [1.29, 1.82) is 0 Å². The van der Waals surface area contributed by atoms with Crippen LogP contribution in [0.15, 0.2) is 12.7 Å². The zero-order valence-electron chi connectivity index (χ0n) is 13.5. The zero-order chi connectivity index (χ0) is 18.1. The lowest BCUT2D eigenvalue weighted by Crippen LogP contribution is -2.47. The Labute approximate surface area is 124 Å². The molecule has 0 rings (SSSR count). The minimum Gasteiger partial charge on any atom is -0.450 e. The van der Waals surface area contributed by atoms with Crippen molar-refractivity contribution in [1.82, 2.24) is 0 Å². The third-order valence-corrected chi connectivity index (χ3v) is 2.68. The second-order valence-electron chi connectivity index (χ2n) is 3.79. The largest absolute Gasteiger partial charge is 0.673 e.